The van der Waals surface area contributed by atoms with Gasteiger partial charge in [0.15, 0.2) is 0 Å². The van der Waals surface area contributed by atoms with E-state index in [2.05, 4.69) is 5.32 Å². The summed E-state index contributed by atoms with van der Waals surface area (Å²) in [7, 11) is 0. The first-order valence-electron chi connectivity index (χ1n) is 7.35. The number of benzene rings is 1. The molecule has 21 heavy (non-hydrogen) atoms. The molecule has 2 atom stereocenters. The molecule has 0 radical (unpaired) electrons. The van der Waals surface area contributed by atoms with Gasteiger partial charge in [0.25, 0.3) is 0 Å². The molecule has 1 aliphatic rings. The fourth-order valence-corrected chi connectivity index (χ4v) is 3.63. The summed E-state index contributed by atoms with van der Waals surface area (Å²) in [6, 6.07) is 8.93. The van der Waals surface area contributed by atoms with Gasteiger partial charge in [-0.15, -0.1) is 11.8 Å². The van der Waals surface area contributed by atoms with E-state index in [1.54, 1.807) is 11.8 Å². The summed E-state index contributed by atoms with van der Waals surface area (Å²) >= 11 is 1.63. The van der Waals surface area contributed by atoms with Crippen molar-refractivity contribution in [3.8, 4) is 0 Å². The largest absolute Gasteiger partial charge is 0.480 e. The molecule has 0 aromatic heterocycles. The van der Waals surface area contributed by atoms with E-state index in [0.29, 0.717) is 12.8 Å². The highest BCUT2D eigenvalue weighted by molar-refractivity contribution is 8.00. The van der Waals surface area contributed by atoms with Crippen molar-refractivity contribution >= 4 is 23.6 Å². The Labute approximate surface area is 129 Å². The van der Waals surface area contributed by atoms with Crippen LogP contribution in [0.4, 0.5) is 0 Å². The summed E-state index contributed by atoms with van der Waals surface area (Å²) in [5, 5.41) is 11.9. The van der Waals surface area contributed by atoms with E-state index in [4.69, 9.17) is 0 Å². The predicted molar refractivity (Wildman–Crippen MR) is 84.4 cm³/mol. The highest BCUT2D eigenvalue weighted by Gasteiger charge is 2.26. The van der Waals surface area contributed by atoms with E-state index in [9.17, 15) is 14.7 Å². The zero-order valence-corrected chi connectivity index (χ0v) is 12.8. The number of amides is 1. The number of thioether (sulfide) groups is 1. The number of carbonyl (C=O) groups is 2. The Morgan fingerprint density at radius 3 is 2.67 bits per heavy atom. The lowest BCUT2D eigenvalue weighted by molar-refractivity contribution is -0.141. The van der Waals surface area contributed by atoms with E-state index in [-0.39, 0.29) is 11.2 Å². The maximum atomic E-state index is 12.1. The van der Waals surface area contributed by atoms with E-state index < -0.39 is 12.0 Å². The molecule has 1 aromatic carbocycles. The zero-order chi connectivity index (χ0) is 15.1. The molecule has 0 spiro atoms. The van der Waals surface area contributed by atoms with Crippen molar-refractivity contribution in [2.45, 2.75) is 43.4 Å². The topological polar surface area (TPSA) is 66.4 Å². The Bertz CT molecular complexity index is 472. The normalized spacial score (nSPS) is 19.7. The standard InChI is InChI=1S/C16H21NO3S/c18-15(14-8-4-5-11-21-14)17-13(16(19)20)10-9-12-6-2-1-3-7-12/h1-3,6-7,13-14H,4-5,8-11H2,(H,17,18)(H,19,20)/t13-,14?/m0/s1. The quantitative estimate of drug-likeness (QED) is 0.847. The Morgan fingerprint density at radius 2 is 2.05 bits per heavy atom. The molecule has 4 nitrogen and oxygen atoms in total. The Morgan fingerprint density at radius 1 is 1.29 bits per heavy atom. The van der Waals surface area contributed by atoms with Gasteiger partial charge in [-0.1, -0.05) is 36.8 Å². The lowest BCUT2D eigenvalue weighted by atomic mass is 10.0. The Hall–Kier alpha value is -1.49. The van der Waals surface area contributed by atoms with Crippen LogP contribution in [0.2, 0.25) is 0 Å². The van der Waals surface area contributed by atoms with Gasteiger partial charge in [-0.2, -0.15) is 0 Å². The van der Waals surface area contributed by atoms with Crippen molar-refractivity contribution in [3.05, 3.63) is 35.9 Å². The van der Waals surface area contributed by atoms with Crippen LogP contribution in [0.3, 0.4) is 0 Å². The molecular weight excluding hydrogens is 286 g/mol. The number of hydrogen-bond donors (Lipinski definition) is 2. The molecule has 0 saturated carbocycles. The molecule has 1 aromatic rings. The molecule has 1 heterocycles. The Kier molecular flexibility index (Phi) is 6.11. The minimum atomic E-state index is -0.958. The van der Waals surface area contributed by atoms with Gasteiger partial charge in [0.05, 0.1) is 5.25 Å². The number of rotatable bonds is 6. The Balaban J connectivity index is 1.86. The number of carboxylic acid groups (broad SMARTS) is 1. The van der Waals surface area contributed by atoms with Crippen molar-refractivity contribution in [2.24, 2.45) is 0 Å². The molecule has 1 fully saturated rings. The number of hydrogen-bond acceptors (Lipinski definition) is 3. The van der Waals surface area contributed by atoms with E-state index in [1.165, 1.54) is 0 Å². The second-order valence-corrected chi connectivity index (χ2v) is 6.59. The highest BCUT2D eigenvalue weighted by atomic mass is 32.2. The van der Waals surface area contributed by atoms with Crippen LogP contribution in [0.15, 0.2) is 30.3 Å². The maximum absolute atomic E-state index is 12.1. The van der Waals surface area contributed by atoms with Gasteiger partial charge in [0.1, 0.15) is 6.04 Å². The third kappa shape index (κ3) is 5.08. The fourth-order valence-electron chi connectivity index (χ4n) is 2.43. The van der Waals surface area contributed by atoms with Gasteiger partial charge in [-0.25, -0.2) is 4.79 Å². The summed E-state index contributed by atoms with van der Waals surface area (Å²) in [6.45, 7) is 0. The maximum Gasteiger partial charge on any atom is 0.326 e. The molecule has 1 saturated heterocycles. The van der Waals surface area contributed by atoms with E-state index >= 15 is 0 Å². The van der Waals surface area contributed by atoms with Crippen LogP contribution >= 0.6 is 11.8 Å². The first kappa shape index (κ1) is 15.9. The van der Waals surface area contributed by atoms with Gasteiger partial charge in [0.2, 0.25) is 5.91 Å². The van der Waals surface area contributed by atoms with Gasteiger partial charge in [-0.05, 0) is 37.0 Å². The minimum Gasteiger partial charge on any atom is -0.480 e. The third-order valence-corrected chi connectivity index (χ3v) is 5.03. The van der Waals surface area contributed by atoms with Crippen molar-refractivity contribution in [2.75, 3.05) is 5.75 Å². The third-order valence-electron chi connectivity index (χ3n) is 3.65. The lowest BCUT2D eigenvalue weighted by Crippen LogP contribution is -2.45. The molecule has 1 unspecified atom stereocenters. The molecule has 2 N–H and O–H groups in total. The van der Waals surface area contributed by atoms with Crippen molar-refractivity contribution in [1.82, 2.24) is 5.32 Å². The van der Waals surface area contributed by atoms with Crippen LogP contribution in [0.25, 0.3) is 0 Å². The number of nitrogens with one attached hydrogen (secondary N) is 1. The van der Waals surface area contributed by atoms with Crippen LogP contribution < -0.4 is 5.32 Å². The van der Waals surface area contributed by atoms with Crippen LogP contribution in [0.1, 0.15) is 31.2 Å². The summed E-state index contributed by atoms with van der Waals surface area (Å²) < 4.78 is 0. The fraction of sp³-hybridized carbons (Fsp3) is 0.500. The SMILES string of the molecule is O=C(N[C@@H](CCc1ccccc1)C(=O)O)C1CCCCS1. The van der Waals surface area contributed by atoms with E-state index in [0.717, 1.165) is 30.6 Å². The van der Waals surface area contributed by atoms with Crippen LogP contribution in [-0.4, -0.2) is 34.0 Å². The first-order valence-corrected chi connectivity index (χ1v) is 8.40. The van der Waals surface area contributed by atoms with Crippen molar-refractivity contribution in [1.29, 1.82) is 0 Å². The number of aliphatic carboxylic acids is 1. The molecule has 114 valence electrons. The van der Waals surface area contributed by atoms with Crippen molar-refractivity contribution < 1.29 is 14.7 Å². The lowest BCUT2D eigenvalue weighted by Gasteiger charge is -2.23. The summed E-state index contributed by atoms with van der Waals surface area (Å²) in [5.41, 5.74) is 1.09. The smallest absolute Gasteiger partial charge is 0.326 e. The second kappa shape index (κ2) is 8.08. The molecule has 0 aliphatic carbocycles. The van der Waals surface area contributed by atoms with Crippen LogP contribution in [-0.2, 0) is 16.0 Å². The van der Waals surface area contributed by atoms with Gasteiger partial charge in [-0.3, -0.25) is 4.79 Å². The summed E-state index contributed by atoms with van der Waals surface area (Å²) in [4.78, 5) is 23.4. The number of carbonyl (C=O) groups excluding carboxylic acids is 1. The monoisotopic (exact) mass is 307 g/mol. The first-order chi connectivity index (χ1) is 10.2. The summed E-state index contributed by atoms with van der Waals surface area (Å²) in [5.74, 6) is -0.0971. The minimum absolute atomic E-state index is 0.0858. The van der Waals surface area contributed by atoms with Gasteiger partial charge in [0, 0.05) is 0 Å². The average Bonchev–Trinajstić information content (AvgIpc) is 2.52. The highest BCUT2D eigenvalue weighted by Crippen LogP contribution is 2.25. The van der Waals surface area contributed by atoms with Gasteiger partial charge < -0.3 is 10.4 Å². The molecular formula is C16H21NO3S. The zero-order valence-electron chi connectivity index (χ0n) is 12.0. The predicted octanol–water partition coefficient (Wildman–Crippen LogP) is 2.47. The second-order valence-electron chi connectivity index (χ2n) is 5.28. The average molecular weight is 307 g/mol. The molecule has 5 heteroatoms. The summed E-state index contributed by atoms with van der Waals surface area (Å²) in [6.07, 6.45) is 4.11. The van der Waals surface area contributed by atoms with Crippen molar-refractivity contribution in [3.63, 3.8) is 0 Å². The van der Waals surface area contributed by atoms with Crippen LogP contribution in [0.5, 0.6) is 0 Å². The van der Waals surface area contributed by atoms with Crippen LogP contribution in [0, 0.1) is 0 Å². The molecule has 2 rings (SSSR count). The van der Waals surface area contributed by atoms with E-state index in [1.807, 2.05) is 30.3 Å². The molecule has 0 bridgehead atoms. The number of aryl methyl sites for hydroxylation is 1. The van der Waals surface area contributed by atoms with Gasteiger partial charge >= 0.3 is 5.97 Å². The molecule has 1 amide bonds. The molecule has 1 aliphatic heterocycles. The number of carboxylic acids is 1.